The zero-order chi connectivity index (χ0) is 14.2. The van der Waals surface area contributed by atoms with Crippen molar-refractivity contribution in [3.8, 4) is 0 Å². The maximum Gasteiger partial charge on any atom is 0.0554 e. The summed E-state index contributed by atoms with van der Waals surface area (Å²) < 4.78 is 0. The van der Waals surface area contributed by atoms with Crippen molar-refractivity contribution in [3.63, 3.8) is 0 Å². The van der Waals surface area contributed by atoms with Gasteiger partial charge in [-0.3, -0.25) is 0 Å². The first-order chi connectivity index (χ1) is 7.33. The molecule has 0 nitrogen and oxygen atoms in total. The van der Waals surface area contributed by atoms with Gasteiger partial charge in [-0.15, -0.1) is 0 Å². The Bertz CT molecular complexity index is 222. The van der Waals surface area contributed by atoms with Gasteiger partial charge in [0.1, 0.15) is 0 Å². The second kappa shape index (κ2) is 5.20. The van der Waals surface area contributed by atoms with Crippen LogP contribution in [0.1, 0.15) is 62.3 Å². The van der Waals surface area contributed by atoms with Crippen LogP contribution < -0.4 is 0 Å². The van der Waals surface area contributed by atoms with Gasteiger partial charge < -0.3 is 0 Å². The van der Waals surface area contributed by atoms with Crippen LogP contribution in [0.2, 0.25) is 34.8 Å². The van der Waals surface area contributed by atoms with E-state index >= 15 is 0 Å². The molecule has 0 aromatic rings. The van der Waals surface area contributed by atoms with E-state index in [-0.39, 0.29) is 0 Å². The highest BCUT2D eigenvalue weighted by atomic mass is 29.3. The molecule has 104 valence electrons. The van der Waals surface area contributed by atoms with Crippen molar-refractivity contribution in [2.45, 2.75) is 97.1 Å². The van der Waals surface area contributed by atoms with Gasteiger partial charge in [0.15, 0.2) is 0 Å². The van der Waals surface area contributed by atoms with E-state index < -0.39 is 15.2 Å². The van der Waals surface area contributed by atoms with Crippen molar-refractivity contribution >= 4 is 15.2 Å². The molecule has 0 spiro atoms. The molecule has 2 heteroatoms. The van der Waals surface area contributed by atoms with E-state index in [0.29, 0.717) is 5.04 Å². The molecule has 17 heavy (non-hydrogen) atoms. The third-order valence-corrected chi connectivity index (χ3v) is 31.4. The second-order valence-electron chi connectivity index (χ2n) is 8.27. The predicted octanol–water partition coefficient (Wildman–Crippen LogP) is 6.25. The second-order valence-corrected chi connectivity index (χ2v) is 24.7. The van der Waals surface area contributed by atoms with Crippen LogP contribution in [-0.2, 0) is 0 Å². The smallest absolute Gasteiger partial charge is 0.0554 e. The van der Waals surface area contributed by atoms with Crippen molar-refractivity contribution in [3.05, 3.63) is 0 Å². The van der Waals surface area contributed by atoms with Crippen LogP contribution in [0.3, 0.4) is 0 Å². The molecule has 0 heterocycles. The topological polar surface area (TPSA) is 0 Å². The molecule has 0 aliphatic rings. The van der Waals surface area contributed by atoms with Crippen molar-refractivity contribution < 1.29 is 0 Å². The van der Waals surface area contributed by atoms with Gasteiger partial charge in [0, 0.05) is 7.59 Å². The summed E-state index contributed by atoms with van der Waals surface area (Å²) in [7, 11) is -2.49. The van der Waals surface area contributed by atoms with Crippen molar-refractivity contribution in [1.29, 1.82) is 0 Å². The summed E-state index contributed by atoms with van der Waals surface area (Å²) in [5.74, 6) is 0. The summed E-state index contributed by atoms with van der Waals surface area (Å²) >= 11 is 0. The zero-order valence-corrected chi connectivity index (χ0v) is 16.2. The molecule has 0 saturated carbocycles. The molecule has 0 atom stereocenters. The monoisotopic (exact) mass is 272 g/mol. The van der Waals surface area contributed by atoms with E-state index in [0.717, 1.165) is 16.6 Å². The molecule has 0 aromatic carbocycles. The quantitative estimate of drug-likeness (QED) is 0.530. The third kappa shape index (κ3) is 2.58. The average molecular weight is 273 g/mol. The van der Waals surface area contributed by atoms with Crippen molar-refractivity contribution in [2.24, 2.45) is 0 Å². The van der Waals surface area contributed by atoms with Crippen LogP contribution in [0.25, 0.3) is 0 Å². The fourth-order valence-electron chi connectivity index (χ4n) is 4.81. The molecule has 0 aromatic heterocycles. The Morgan fingerprint density at radius 3 is 0.941 bits per heavy atom. The molecule has 0 bridgehead atoms. The van der Waals surface area contributed by atoms with Crippen LogP contribution in [-0.4, -0.2) is 15.2 Å². The molecule has 0 amide bonds. The minimum Gasteiger partial charge on any atom is -0.0709 e. The van der Waals surface area contributed by atoms with Crippen molar-refractivity contribution in [2.75, 3.05) is 0 Å². The fourth-order valence-corrected chi connectivity index (χ4v) is 31.3. The van der Waals surface area contributed by atoms with Gasteiger partial charge in [-0.2, -0.15) is 0 Å². The molecule has 0 rings (SSSR count). The van der Waals surface area contributed by atoms with E-state index in [2.05, 4.69) is 75.4 Å². The SMILES string of the molecule is CC(C)[Si](C(C)C)(C(C)C)[Si](C)(C)C(C)(C)C. The third-order valence-electron chi connectivity index (χ3n) is 5.82. The molecule has 0 N–H and O–H groups in total. The summed E-state index contributed by atoms with van der Waals surface area (Å²) in [6, 6.07) is 0. The lowest BCUT2D eigenvalue weighted by Crippen LogP contribution is -2.68. The van der Waals surface area contributed by atoms with Gasteiger partial charge in [0.25, 0.3) is 0 Å². The van der Waals surface area contributed by atoms with Crippen molar-refractivity contribution in [1.82, 2.24) is 0 Å². The Hall–Kier alpha value is 0.434. The van der Waals surface area contributed by atoms with Crippen LogP contribution in [0, 0.1) is 0 Å². The lowest BCUT2D eigenvalue weighted by Gasteiger charge is -2.58. The lowest BCUT2D eigenvalue weighted by molar-refractivity contribution is 0.718. The maximum absolute atomic E-state index is 2.68. The largest absolute Gasteiger partial charge is 0.0709 e. The first kappa shape index (κ1) is 17.4. The molecule has 0 saturated heterocycles. The Kier molecular flexibility index (Phi) is 5.33. The number of hydrogen-bond acceptors (Lipinski definition) is 0. The fraction of sp³-hybridized carbons (Fsp3) is 1.00. The van der Waals surface area contributed by atoms with Gasteiger partial charge in [-0.25, -0.2) is 0 Å². The summed E-state index contributed by atoms with van der Waals surface area (Å²) in [6.07, 6.45) is 0. The Balaban J connectivity index is 5.95. The maximum atomic E-state index is 2.68. The van der Waals surface area contributed by atoms with E-state index in [1.807, 2.05) is 0 Å². The first-order valence-electron chi connectivity index (χ1n) is 7.33. The summed E-state index contributed by atoms with van der Waals surface area (Å²) in [5, 5.41) is 0.526. The molecule has 0 aliphatic carbocycles. The molecule has 0 radical (unpaired) electrons. The van der Waals surface area contributed by atoms with Gasteiger partial charge in [0.05, 0.1) is 7.59 Å². The average Bonchev–Trinajstić information content (AvgIpc) is 1.98. The van der Waals surface area contributed by atoms with Gasteiger partial charge in [-0.05, 0) is 5.04 Å². The molecule has 0 fully saturated rings. The highest BCUT2D eigenvalue weighted by Crippen LogP contribution is 2.55. The highest BCUT2D eigenvalue weighted by Gasteiger charge is 2.58. The minimum absolute atomic E-state index is 0.526. The van der Waals surface area contributed by atoms with Gasteiger partial charge in [0.2, 0.25) is 0 Å². The summed E-state index contributed by atoms with van der Waals surface area (Å²) in [4.78, 5) is 0. The Morgan fingerprint density at radius 2 is 0.882 bits per heavy atom. The van der Waals surface area contributed by atoms with E-state index in [1.54, 1.807) is 0 Å². The van der Waals surface area contributed by atoms with Crippen LogP contribution in [0.15, 0.2) is 0 Å². The normalized spacial score (nSPS) is 15.2. The van der Waals surface area contributed by atoms with Crippen LogP contribution in [0.4, 0.5) is 0 Å². The standard InChI is InChI=1S/C15H36Si2/c1-12(2)17(13(3)4,14(5)6)16(10,11)15(7,8)9/h12-14H,1-11H3. The summed E-state index contributed by atoms with van der Waals surface area (Å²) in [5.41, 5.74) is 2.72. The lowest BCUT2D eigenvalue weighted by atomic mass is 10.2. The molecule has 0 unspecified atom stereocenters. The van der Waals surface area contributed by atoms with E-state index in [9.17, 15) is 0 Å². The predicted molar refractivity (Wildman–Crippen MR) is 88.2 cm³/mol. The van der Waals surface area contributed by atoms with Crippen LogP contribution in [0.5, 0.6) is 0 Å². The Labute approximate surface area is 112 Å². The Morgan fingerprint density at radius 1 is 0.647 bits per heavy atom. The minimum atomic E-state index is -1.25. The highest BCUT2D eigenvalue weighted by molar-refractivity contribution is 7.44. The summed E-state index contributed by atoms with van der Waals surface area (Å²) in [6.45, 7) is 27.9. The molecule has 0 aliphatic heterocycles. The zero-order valence-electron chi connectivity index (χ0n) is 14.2. The van der Waals surface area contributed by atoms with E-state index in [1.165, 1.54) is 0 Å². The van der Waals surface area contributed by atoms with E-state index in [4.69, 9.17) is 0 Å². The first-order valence-corrected chi connectivity index (χ1v) is 13.6. The number of hydrogen-bond donors (Lipinski definition) is 0. The molecular weight excluding hydrogens is 236 g/mol. The van der Waals surface area contributed by atoms with Gasteiger partial charge >= 0.3 is 0 Å². The van der Waals surface area contributed by atoms with Crippen LogP contribution >= 0.6 is 0 Å². The number of rotatable bonds is 4. The molecular formula is C15H36Si2. The van der Waals surface area contributed by atoms with Gasteiger partial charge in [-0.1, -0.05) is 92.0 Å².